The number of phenolic OH excluding ortho intramolecular Hbond substituents is 1. The van der Waals surface area contributed by atoms with Crippen molar-refractivity contribution in [3.8, 4) is 17.2 Å². The SMILES string of the molecule is CCCCNC(=O)Cc1noc(-c2cc3cc(O)ccc3nc2C)n1. The van der Waals surface area contributed by atoms with Crippen molar-refractivity contribution in [3.05, 3.63) is 35.8 Å². The highest BCUT2D eigenvalue weighted by Crippen LogP contribution is 2.27. The molecule has 0 saturated heterocycles. The van der Waals surface area contributed by atoms with E-state index in [9.17, 15) is 9.90 Å². The first kappa shape index (κ1) is 16.9. The number of fused-ring (bicyclic) bond motifs is 1. The van der Waals surface area contributed by atoms with E-state index in [0.29, 0.717) is 23.8 Å². The summed E-state index contributed by atoms with van der Waals surface area (Å²) < 4.78 is 5.29. The number of aromatic nitrogens is 3. The van der Waals surface area contributed by atoms with E-state index in [0.717, 1.165) is 29.4 Å². The molecule has 130 valence electrons. The molecule has 0 aliphatic carbocycles. The Labute approximate surface area is 145 Å². The normalized spacial score (nSPS) is 11.0. The van der Waals surface area contributed by atoms with Crippen molar-refractivity contribution < 1.29 is 14.4 Å². The van der Waals surface area contributed by atoms with E-state index in [1.54, 1.807) is 18.2 Å². The van der Waals surface area contributed by atoms with Gasteiger partial charge < -0.3 is 14.9 Å². The lowest BCUT2D eigenvalue weighted by atomic mass is 10.1. The number of aromatic hydroxyl groups is 1. The highest BCUT2D eigenvalue weighted by molar-refractivity contribution is 5.84. The predicted octanol–water partition coefficient (Wildman–Crippen LogP) is 2.76. The third kappa shape index (κ3) is 3.93. The molecule has 0 aliphatic rings. The van der Waals surface area contributed by atoms with Gasteiger partial charge in [0.1, 0.15) is 5.75 Å². The highest BCUT2D eigenvalue weighted by Gasteiger charge is 2.15. The van der Waals surface area contributed by atoms with Crippen LogP contribution in [0.4, 0.5) is 0 Å². The molecule has 0 spiro atoms. The quantitative estimate of drug-likeness (QED) is 0.669. The van der Waals surface area contributed by atoms with Crippen molar-refractivity contribution in [2.24, 2.45) is 0 Å². The number of aryl methyl sites for hydroxylation is 1. The summed E-state index contributed by atoms with van der Waals surface area (Å²) in [6, 6.07) is 6.82. The van der Waals surface area contributed by atoms with E-state index in [1.165, 1.54) is 0 Å². The van der Waals surface area contributed by atoms with Crippen LogP contribution in [0.1, 0.15) is 31.3 Å². The minimum absolute atomic E-state index is 0.0774. The van der Waals surface area contributed by atoms with Crippen LogP contribution in [-0.4, -0.2) is 32.7 Å². The van der Waals surface area contributed by atoms with Gasteiger partial charge in [-0.05, 0) is 37.6 Å². The number of benzene rings is 1. The molecule has 7 heteroatoms. The van der Waals surface area contributed by atoms with Crippen LogP contribution in [0.2, 0.25) is 0 Å². The van der Waals surface area contributed by atoms with Crippen molar-refractivity contribution in [3.63, 3.8) is 0 Å². The molecule has 0 radical (unpaired) electrons. The van der Waals surface area contributed by atoms with Crippen molar-refractivity contribution in [1.29, 1.82) is 0 Å². The molecule has 2 aromatic heterocycles. The van der Waals surface area contributed by atoms with E-state index < -0.39 is 0 Å². The van der Waals surface area contributed by atoms with Gasteiger partial charge in [0.2, 0.25) is 5.91 Å². The van der Waals surface area contributed by atoms with Crippen LogP contribution >= 0.6 is 0 Å². The highest BCUT2D eigenvalue weighted by atomic mass is 16.5. The maximum atomic E-state index is 11.8. The molecule has 0 atom stereocenters. The van der Waals surface area contributed by atoms with E-state index in [1.807, 2.05) is 13.0 Å². The number of phenols is 1. The average molecular weight is 340 g/mol. The van der Waals surface area contributed by atoms with Gasteiger partial charge in [0.25, 0.3) is 5.89 Å². The molecule has 3 rings (SSSR count). The lowest BCUT2D eigenvalue weighted by Crippen LogP contribution is -2.26. The van der Waals surface area contributed by atoms with Gasteiger partial charge in [0.05, 0.1) is 23.2 Å². The maximum Gasteiger partial charge on any atom is 0.259 e. The van der Waals surface area contributed by atoms with Gasteiger partial charge >= 0.3 is 0 Å². The van der Waals surface area contributed by atoms with E-state index in [2.05, 4.69) is 27.4 Å². The number of rotatable bonds is 6. The van der Waals surface area contributed by atoms with E-state index in [-0.39, 0.29) is 18.1 Å². The number of hydrogen-bond donors (Lipinski definition) is 2. The smallest absolute Gasteiger partial charge is 0.259 e. The molecule has 0 saturated carbocycles. The summed E-state index contributed by atoms with van der Waals surface area (Å²) in [4.78, 5) is 20.6. The Bertz CT molecular complexity index is 904. The van der Waals surface area contributed by atoms with Gasteiger partial charge in [0.15, 0.2) is 5.82 Å². The topological polar surface area (TPSA) is 101 Å². The van der Waals surface area contributed by atoms with Crippen LogP contribution in [0.5, 0.6) is 5.75 Å². The summed E-state index contributed by atoms with van der Waals surface area (Å²) in [5.74, 6) is 0.684. The first-order valence-electron chi connectivity index (χ1n) is 8.27. The Morgan fingerprint density at radius 2 is 2.12 bits per heavy atom. The Morgan fingerprint density at radius 1 is 1.28 bits per heavy atom. The minimum atomic E-state index is -0.126. The number of hydrogen-bond acceptors (Lipinski definition) is 6. The molecule has 2 N–H and O–H groups in total. The summed E-state index contributed by atoms with van der Waals surface area (Å²) >= 11 is 0. The van der Waals surface area contributed by atoms with Crippen LogP contribution in [-0.2, 0) is 11.2 Å². The summed E-state index contributed by atoms with van der Waals surface area (Å²) in [6.45, 7) is 4.57. The second-order valence-electron chi connectivity index (χ2n) is 5.89. The molecular formula is C18H20N4O3. The van der Waals surface area contributed by atoms with Crippen molar-refractivity contribution in [2.45, 2.75) is 33.1 Å². The third-order valence-corrected chi connectivity index (χ3v) is 3.86. The van der Waals surface area contributed by atoms with Crippen LogP contribution in [0, 0.1) is 6.92 Å². The number of unbranched alkanes of at least 4 members (excludes halogenated alkanes) is 1. The molecule has 1 aromatic carbocycles. The van der Waals surface area contributed by atoms with Crippen LogP contribution < -0.4 is 5.32 Å². The number of amides is 1. The molecule has 1 amide bonds. The lowest BCUT2D eigenvalue weighted by molar-refractivity contribution is -0.120. The zero-order valence-electron chi connectivity index (χ0n) is 14.2. The summed E-state index contributed by atoms with van der Waals surface area (Å²) in [6.07, 6.45) is 2.04. The van der Waals surface area contributed by atoms with Crippen LogP contribution in [0.15, 0.2) is 28.8 Å². The molecular weight excluding hydrogens is 320 g/mol. The first-order valence-corrected chi connectivity index (χ1v) is 8.27. The zero-order chi connectivity index (χ0) is 17.8. The molecule has 7 nitrogen and oxygen atoms in total. The second-order valence-corrected chi connectivity index (χ2v) is 5.89. The summed E-state index contributed by atoms with van der Waals surface area (Å²) in [7, 11) is 0. The Balaban J connectivity index is 1.81. The third-order valence-electron chi connectivity index (χ3n) is 3.86. The number of pyridine rings is 1. The van der Waals surface area contributed by atoms with Gasteiger partial charge in [-0.2, -0.15) is 4.98 Å². The largest absolute Gasteiger partial charge is 0.508 e. The van der Waals surface area contributed by atoms with Crippen molar-refractivity contribution in [2.75, 3.05) is 6.54 Å². The fraction of sp³-hybridized carbons (Fsp3) is 0.333. The number of nitrogens with one attached hydrogen (secondary N) is 1. The van der Waals surface area contributed by atoms with Gasteiger partial charge in [-0.3, -0.25) is 9.78 Å². The monoisotopic (exact) mass is 340 g/mol. The fourth-order valence-electron chi connectivity index (χ4n) is 2.52. The number of carbonyl (C=O) groups is 1. The average Bonchev–Trinajstić information content (AvgIpc) is 3.03. The molecule has 3 aromatic rings. The molecule has 0 unspecified atom stereocenters. The maximum absolute atomic E-state index is 11.8. The predicted molar refractivity (Wildman–Crippen MR) is 93.1 cm³/mol. The van der Waals surface area contributed by atoms with Crippen LogP contribution in [0.25, 0.3) is 22.4 Å². The first-order chi connectivity index (χ1) is 12.1. The van der Waals surface area contributed by atoms with Gasteiger partial charge in [-0.15, -0.1) is 0 Å². The van der Waals surface area contributed by atoms with Crippen molar-refractivity contribution >= 4 is 16.8 Å². The number of carbonyl (C=O) groups excluding carboxylic acids is 1. The molecule has 0 fully saturated rings. The molecule has 0 bridgehead atoms. The Kier molecular flexibility index (Phi) is 4.92. The van der Waals surface area contributed by atoms with Gasteiger partial charge in [-0.25, -0.2) is 0 Å². The zero-order valence-corrected chi connectivity index (χ0v) is 14.2. The lowest BCUT2D eigenvalue weighted by Gasteiger charge is -2.04. The van der Waals surface area contributed by atoms with E-state index >= 15 is 0 Å². The number of nitrogens with zero attached hydrogens (tertiary/aromatic N) is 3. The molecule has 0 aliphatic heterocycles. The molecule has 2 heterocycles. The van der Waals surface area contributed by atoms with Crippen LogP contribution in [0.3, 0.4) is 0 Å². The Morgan fingerprint density at radius 3 is 2.92 bits per heavy atom. The minimum Gasteiger partial charge on any atom is -0.508 e. The van der Waals surface area contributed by atoms with Gasteiger partial charge in [0, 0.05) is 11.9 Å². The fourth-order valence-corrected chi connectivity index (χ4v) is 2.52. The van der Waals surface area contributed by atoms with Crippen molar-refractivity contribution in [1.82, 2.24) is 20.4 Å². The van der Waals surface area contributed by atoms with E-state index in [4.69, 9.17) is 4.52 Å². The molecule has 25 heavy (non-hydrogen) atoms. The summed E-state index contributed by atoms with van der Waals surface area (Å²) in [5, 5.41) is 17.1. The summed E-state index contributed by atoms with van der Waals surface area (Å²) in [5.41, 5.74) is 2.19. The standard InChI is InChI=1S/C18H20N4O3/c1-3-4-7-19-17(24)10-16-21-18(25-22-16)14-9-12-8-13(23)5-6-15(12)20-11(14)2/h5-6,8-9,23H,3-4,7,10H2,1-2H3,(H,19,24). The Hall–Kier alpha value is -2.96. The van der Waals surface area contributed by atoms with Gasteiger partial charge in [-0.1, -0.05) is 18.5 Å². The second kappa shape index (κ2) is 7.29.